The molecular formula is C10H19N3OS. The molecule has 1 aromatic heterocycles. The summed E-state index contributed by atoms with van der Waals surface area (Å²) in [6.45, 7) is 8.98. The summed E-state index contributed by atoms with van der Waals surface area (Å²) in [5.74, 6) is 1.33. The average Bonchev–Trinajstić information content (AvgIpc) is 2.48. The van der Waals surface area contributed by atoms with Gasteiger partial charge in [-0.25, -0.2) is 0 Å². The lowest BCUT2D eigenvalue weighted by atomic mass is 10.1. The van der Waals surface area contributed by atoms with Crippen molar-refractivity contribution in [2.24, 2.45) is 0 Å². The van der Waals surface area contributed by atoms with Gasteiger partial charge in [0.2, 0.25) is 0 Å². The zero-order valence-corrected chi connectivity index (χ0v) is 10.8. The summed E-state index contributed by atoms with van der Waals surface area (Å²) in [5.41, 5.74) is -0.230. The van der Waals surface area contributed by atoms with Crippen LogP contribution in [0.25, 0.3) is 0 Å². The van der Waals surface area contributed by atoms with E-state index in [1.807, 2.05) is 18.4 Å². The highest BCUT2D eigenvalue weighted by Crippen LogP contribution is 2.17. The lowest BCUT2D eigenvalue weighted by Gasteiger charge is -2.24. The molecule has 0 atom stereocenters. The first kappa shape index (κ1) is 12.4. The van der Waals surface area contributed by atoms with Crippen LogP contribution in [0.2, 0.25) is 0 Å². The van der Waals surface area contributed by atoms with Crippen molar-refractivity contribution in [3.05, 3.63) is 10.6 Å². The molecule has 1 rings (SSSR count). The molecule has 0 fully saturated rings. The van der Waals surface area contributed by atoms with Gasteiger partial charge in [0.15, 0.2) is 4.77 Å². The van der Waals surface area contributed by atoms with Gasteiger partial charge in [-0.2, -0.15) is 5.10 Å². The van der Waals surface area contributed by atoms with Gasteiger partial charge in [-0.1, -0.05) is 13.8 Å². The number of aromatic nitrogens is 3. The Balaban J connectivity index is 3.03. The Kier molecular flexibility index (Phi) is 3.67. The van der Waals surface area contributed by atoms with Crippen LogP contribution >= 0.6 is 12.2 Å². The van der Waals surface area contributed by atoms with E-state index in [2.05, 4.69) is 24.0 Å². The van der Waals surface area contributed by atoms with E-state index in [9.17, 15) is 0 Å². The first-order valence-electron chi connectivity index (χ1n) is 5.07. The third-order valence-corrected chi connectivity index (χ3v) is 2.71. The largest absolute Gasteiger partial charge is 0.377 e. The maximum Gasteiger partial charge on any atom is 0.195 e. The Morgan fingerprint density at radius 3 is 2.60 bits per heavy atom. The Bertz CT molecular complexity index is 378. The van der Waals surface area contributed by atoms with Crippen molar-refractivity contribution in [2.45, 2.75) is 45.8 Å². The number of hydrogen-bond acceptors (Lipinski definition) is 3. The van der Waals surface area contributed by atoms with Gasteiger partial charge in [0.25, 0.3) is 0 Å². The molecule has 5 heteroatoms. The van der Waals surface area contributed by atoms with Crippen LogP contribution in [0.5, 0.6) is 0 Å². The number of methoxy groups -OCH3 is 1. The van der Waals surface area contributed by atoms with Crippen molar-refractivity contribution in [1.29, 1.82) is 0 Å². The molecule has 0 radical (unpaired) electrons. The fourth-order valence-corrected chi connectivity index (χ4v) is 1.57. The fourth-order valence-electron chi connectivity index (χ4n) is 1.37. The van der Waals surface area contributed by atoms with Gasteiger partial charge in [0.05, 0.1) is 12.1 Å². The topological polar surface area (TPSA) is 42.8 Å². The first-order valence-corrected chi connectivity index (χ1v) is 5.48. The summed E-state index contributed by atoms with van der Waals surface area (Å²) < 4.78 is 8.05. The molecule has 15 heavy (non-hydrogen) atoms. The molecule has 1 N–H and O–H groups in total. The predicted molar refractivity (Wildman–Crippen MR) is 62.6 cm³/mol. The lowest BCUT2D eigenvalue weighted by Crippen LogP contribution is -2.30. The maximum absolute atomic E-state index is 5.39. The molecule has 0 aliphatic rings. The summed E-state index contributed by atoms with van der Waals surface area (Å²) in [6, 6.07) is 0. The molecule has 86 valence electrons. The lowest BCUT2D eigenvalue weighted by molar-refractivity contribution is 0.00704. The van der Waals surface area contributed by atoms with E-state index < -0.39 is 0 Å². The van der Waals surface area contributed by atoms with Crippen molar-refractivity contribution in [3.8, 4) is 0 Å². The molecule has 0 bridgehead atoms. The molecule has 0 aliphatic heterocycles. The third-order valence-electron chi connectivity index (χ3n) is 2.40. The highest BCUT2D eigenvalue weighted by molar-refractivity contribution is 7.71. The van der Waals surface area contributed by atoms with Gasteiger partial charge in [0.1, 0.15) is 5.82 Å². The van der Waals surface area contributed by atoms with Gasteiger partial charge in [-0.05, 0) is 26.1 Å². The molecule has 0 aromatic carbocycles. The van der Waals surface area contributed by atoms with E-state index >= 15 is 0 Å². The van der Waals surface area contributed by atoms with Crippen molar-refractivity contribution in [3.63, 3.8) is 0 Å². The molecule has 4 nitrogen and oxygen atoms in total. The van der Waals surface area contributed by atoms with Gasteiger partial charge < -0.3 is 9.30 Å². The van der Waals surface area contributed by atoms with Crippen molar-refractivity contribution in [1.82, 2.24) is 14.8 Å². The van der Waals surface area contributed by atoms with Gasteiger partial charge in [-0.3, -0.25) is 5.10 Å². The highest BCUT2D eigenvalue weighted by Gasteiger charge is 2.20. The van der Waals surface area contributed by atoms with Crippen LogP contribution in [0.4, 0.5) is 0 Å². The van der Waals surface area contributed by atoms with Crippen LogP contribution in [0.15, 0.2) is 0 Å². The molecular weight excluding hydrogens is 210 g/mol. The second-order valence-electron chi connectivity index (χ2n) is 4.59. The number of rotatable bonds is 4. The summed E-state index contributed by atoms with van der Waals surface area (Å²) >= 11 is 5.20. The van der Waals surface area contributed by atoms with E-state index in [-0.39, 0.29) is 5.60 Å². The van der Waals surface area contributed by atoms with E-state index in [0.717, 1.165) is 5.82 Å². The van der Waals surface area contributed by atoms with E-state index in [1.54, 1.807) is 7.11 Å². The quantitative estimate of drug-likeness (QED) is 0.807. The van der Waals surface area contributed by atoms with E-state index in [1.165, 1.54) is 0 Å². The van der Waals surface area contributed by atoms with Crippen LogP contribution < -0.4 is 0 Å². The van der Waals surface area contributed by atoms with E-state index in [4.69, 9.17) is 17.0 Å². The van der Waals surface area contributed by atoms with Gasteiger partial charge in [-0.15, -0.1) is 0 Å². The Hall–Kier alpha value is -0.680. The average molecular weight is 229 g/mol. The fraction of sp³-hybridized carbons (Fsp3) is 0.800. The molecule has 0 saturated heterocycles. The first-order chi connectivity index (χ1) is 6.87. The summed E-state index contributed by atoms with van der Waals surface area (Å²) in [6.07, 6.45) is 0. The van der Waals surface area contributed by atoms with Crippen LogP contribution in [0.3, 0.4) is 0 Å². The van der Waals surface area contributed by atoms with Crippen LogP contribution in [0, 0.1) is 4.77 Å². The van der Waals surface area contributed by atoms with Crippen LogP contribution in [0.1, 0.15) is 39.4 Å². The Labute approximate surface area is 95.7 Å². The van der Waals surface area contributed by atoms with E-state index in [0.29, 0.717) is 17.2 Å². The minimum Gasteiger partial charge on any atom is -0.377 e. The number of nitrogens with zero attached hydrogens (tertiary/aromatic N) is 2. The zero-order valence-electron chi connectivity index (χ0n) is 10.00. The maximum atomic E-state index is 5.39. The minimum absolute atomic E-state index is 0.230. The van der Waals surface area contributed by atoms with Crippen LogP contribution in [-0.4, -0.2) is 27.5 Å². The second-order valence-corrected chi connectivity index (χ2v) is 4.98. The zero-order chi connectivity index (χ0) is 11.6. The van der Waals surface area contributed by atoms with Crippen molar-refractivity contribution in [2.75, 3.05) is 7.11 Å². The molecule has 0 unspecified atom stereocenters. The summed E-state index contributed by atoms with van der Waals surface area (Å²) in [4.78, 5) is 0. The molecule has 0 aliphatic carbocycles. The smallest absolute Gasteiger partial charge is 0.195 e. The molecule has 0 saturated carbocycles. The number of hydrogen-bond donors (Lipinski definition) is 1. The standard InChI is InChI=1S/C10H19N3OS/c1-7(2)8-11-12-9(15)13(8)6-10(3,4)14-5/h7H,6H2,1-5H3,(H,12,15). The number of nitrogens with one attached hydrogen (secondary N) is 1. The van der Waals surface area contributed by atoms with Crippen molar-refractivity contribution >= 4 is 12.2 Å². The molecule has 0 spiro atoms. The second kappa shape index (κ2) is 4.45. The molecule has 0 amide bonds. The van der Waals surface area contributed by atoms with Crippen LogP contribution in [-0.2, 0) is 11.3 Å². The number of H-pyrrole nitrogens is 1. The highest BCUT2D eigenvalue weighted by atomic mass is 32.1. The monoisotopic (exact) mass is 229 g/mol. The van der Waals surface area contributed by atoms with Crippen molar-refractivity contribution < 1.29 is 4.74 Å². The Morgan fingerprint density at radius 2 is 2.13 bits per heavy atom. The number of ether oxygens (including phenoxy) is 1. The van der Waals surface area contributed by atoms with Gasteiger partial charge in [0, 0.05) is 13.0 Å². The normalized spacial score (nSPS) is 12.4. The SMILES string of the molecule is COC(C)(C)Cn1c(C(C)C)n[nH]c1=S. The summed E-state index contributed by atoms with van der Waals surface area (Å²) in [5, 5.41) is 7.05. The Morgan fingerprint density at radius 1 is 1.53 bits per heavy atom. The number of aromatic amines is 1. The minimum atomic E-state index is -0.230. The molecule has 1 heterocycles. The summed E-state index contributed by atoms with van der Waals surface area (Å²) in [7, 11) is 1.71. The predicted octanol–water partition coefficient (Wildman–Crippen LogP) is 2.49. The third kappa shape index (κ3) is 2.89. The van der Waals surface area contributed by atoms with Gasteiger partial charge >= 0.3 is 0 Å². The molecule has 1 aromatic rings.